The van der Waals surface area contributed by atoms with E-state index in [0.29, 0.717) is 16.8 Å². The number of benzene rings is 2. The van der Waals surface area contributed by atoms with Crippen molar-refractivity contribution >= 4 is 22.7 Å². The minimum absolute atomic E-state index is 0.0349. The molecule has 0 aliphatic carbocycles. The zero-order valence-corrected chi connectivity index (χ0v) is 11.8. The van der Waals surface area contributed by atoms with Gasteiger partial charge in [0.2, 0.25) is 5.89 Å². The van der Waals surface area contributed by atoms with Crippen LogP contribution in [0.25, 0.3) is 11.1 Å². The van der Waals surface area contributed by atoms with Crippen LogP contribution in [0.1, 0.15) is 16.2 Å². The molecule has 0 saturated carbocycles. The van der Waals surface area contributed by atoms with E-state index >= 15 is 0 Å². The van der Waals surface area contributed by atoms with Gasteiger partial charge in [-0.05, 0) is 18.2 Å². The fourth-order valence-corrected chi connectivity index (χ4v) is 2.07. The molecular formula is C15H11N3O5. The van der Waals surface area contributed by atoms with Crippen molar-refractivity contribution in [1.82, 2.24) is 4.98 Å². The molecule has 8 nitrogen and oxygen atoms in total. The number of amides is 1. The molecule has 0 fully saturated rings. The standard InChI is InChI=1S/C15H11N3O5/c16-15(19)10-3-1-2-4-12(10)22-8-14-17-11-7-9(18(20)21)5-6-13(11)23-14/h1-7H,8H2,(H2,16,19). The van der Waals surface area contributed by atoms with Crippen molar-refractivity contribution in [2.75, 3.05) is 0 Å². The van der Waals surface area contributed by atoms with Crippen LogP contribution >= 0.6 is 0 Å². The molecule has 3 rings (SSSR count). The van der Waals surface area contributed by atoms with Gasteiger partial charge in [-0.3, -0.25) is 14.9 Å². The van der Waals surface area contributed by atoms with Crippen LogP contribution in [0.3, 0.4) is 0 Å². The van der Waals surface area contributed by atoms with Crippen LogP contribution in [0.15, 0.2) is 46.9 Å². The van der Waals surface area contributed by atoms with Gasteiger partial charge in [-0.1, -0.05) is 12.1 Å². The van der Waals surface area contributed by atoms with Gasteiger partial charge in [0.05, 0.1) is 10.5 Å². The Morgan fingerprint density at radius 3 is 2.83 bits per heavy atom. The van der Waals surface area contributed by atoms with E-state index in [1.807, 2.05) is 0 Å². The number of hydrogen-bond donors (Lipinski definition) is 1. The molecule has 3 aromatic rings. The topological polar surface area (TPSA) is 121 Å². The van der Waals surface area contributed by atoms with Gasteiger partial charge in [-0.15, -0.1) is 0 Å². The molecule has 0 radical (unpaired) electrons. The lowest BCUT2D eigenvalue weighted by atomic mass is 10.2. The van der Waals surface area contributed by atoms with Gasteiger partial charge >= 0.3 is 0 Å². The Hall–Kier alpha value is -3.42. The molecule has 2 aromatic carbocycles. The summed E-state index contributed by atoms with van der Waals surface area (Å²) < 4.78 is 11.0. The quantitative estimate of drug-likeness (QED) is 0.570. The van der Waals surface area contributed by atoms with Crippen LogP contribution in [0.2, 0.25) is 0 Å². The van der Waals surface area contributed by atoms with Crippen molar-refractivity contribution in [2.24, 2.45) is 5.73 Å². The third kappa shape index (κ3) is 2.95. The van der Waals surface area contributed by atoms with E-state index in [4.69, 9.17) is 14.9 Å². The van der Waals surface area contributed by atoms with Gasteiger partial charge in [-0.25, -0.2) is 4.98 Å². The number of nitro groups is 1. The maximum absolute atomic E-state index is 11.3. The molecule has 0 spiro atoms. The Bertz CT molecular complexity index is 903. The van der Waals surface area contributed by atoms with Crippen molar-refractivity contribution in [1.29, 1.82) is 0 Å². The molecule has 0 saturated heterocycles. The molecule has 8 heteroatoms. The summed E-state index contributed by atoms with van der Waals surface area (Å²) in [6.45, 7) is -0.0349. The molecular weight excluding hydrogens is 302 g/mol. The lowest BCUT2D eigenvalue weighted by molar-refractivity contribution is -0.384. The number of hydrogen-bond acceptors (Lipinski definition) is 6. The average molecular weight is 313 g/mol. The van der Waals surface area contributed by atoms with E-state index in [0.717, 1.165) is 0 Å². The highest BCUT2D eigenvalue weighted by Crippen LogP contribution is 2.23. The summed E-state index contributed by atoms with van der Waals surface area (Å²) in [5.74, 6) is -0.0539. The second-order valence-electron chi connectivity index (χ2n) is 4.67. The first kappa shape index (κ1) is 14.5. The smallest absolute Gasteiger partial charge is 0.271 e. The summed E-state index contributed by atoms with van der Waals surface area (Å²) in [7, 11) is 0. The number of carbonyl (C=O) groups is 1. The molecule has 0 aliphatic heterocycles. The number of carbonyl (C=O) groups excluding carboxylic acids is 1. The maximum atomic E-state index is 11.3. The lowest BCUT2D eigenvalue weighted by Crippen LogP contribution is -2.12. The second-order valence-corrected chi connectivity index (χ2v) is 4.67. The molecule has 0 unspecified atom stereocenters. The molecule has 1 heterocycles. The van der Waals surface area contributed by atoms with E-state index in [1.54, 1.807) is 24.3 Å². The van der Waals surface area contributed by atoms with Crippen molar-refractivity contribution in [3.8, 4) is 5.75 Å². The number of para-hydroxylation sites is 1. The monoisotopic (exact) mass is 313 g/mol. The number of nitro benzene ring substituents is 1. The third-order valence-corrected chi connectivity index (χ3v) is 3.13. The summed E-state index contributed by atoms with van der Waals surface area (Å²) in [6, 6.07) is 10.7. The lowest BCUT2D eigenvalue weighted by Gasteiger charge is -2.06. The SMILES string of the molecule is NC(=O)c1ccccc1OCc1nc2cc([N+](=O)[O-])ccc2o1. The first-order chi connectivity index (χ1) is 11.0. The average Bonchev–Trinajstić information content (AvgIpc) is 2.94. The second kappa shape index (κ2) is 5.76. The van der Waals surface area contributed by atoms with E-state index in [9.17, 15) is 14.9 Å². The highest BCUT2D eigenvalue weighted by atomic mass is 16.6. The van der Waals surface area contributed by atoms with Gasteiger partial charge in [0.1, 0.15) is 11.3 Å². The van der Waals surface area contributed by atoms with E-state index in [2.05, 4.69) is 4.98 Å². The van der Waals surface area contributed by atoms with Crippen LogP contribution in [-0.2, 0) is 6.61 Å². The van der Waals surface area contributed by atoms with Gasteiger partial charge in [0.15, 0.2) is 12.2 Å². The van der Waals surface area contributed by atoms with Crippen molar-refractivity contribution in [3.05, 3.63) is 64.0 Å². The normalized spacial score (nSPS) is 10.6. The van der Waals surface area contributed by atoms with Crippen molar-refractivity contribution < 1.29 is 18.9 Å². The molecule has 1 aromatic heterocycles. The Labute approximate surface area is 129 Å². The van der Waals surface area contributed by atoms with Crippen LogP contribution < -0.4 is 10.5 Å². The number of non-ortho nitro benzene ring substituents is 1. The van der Waals surface area contributed by atoms with E-state index in [-0.39, 0.29) is 23.7 Å². The summed E-state index contributed by atoms with van der Waals surface area (Å²) in [4.78, 5) is 25.7. The third-order valence-electron chi connectivity index (χ3n) is 3.13. The summed E-state index contributed by atoms with van der Waals surface area (Å²) >= 11 is 0. The van der Waals surface area contributed by atoms with Crippen molar-refractivity contribution in [2.45, 2.75) is 6.61 Å². The molecule has 0 atom stereocenters. The Morgan fingerprint density at radius 1 is 1.30 bits per heavy atom. The highest BCUT2D eigenvalue weighted by molar-refractivity contribution is 5.95. The first-order valence-electron chi connectivity index (χ1n) is 6.60. The number of oxazole rings is 1. The summed E-state index contributed by atoms with van der Waals surface area (Å²) in [5, 5.41) is 10.7. The number of nitrogens with two attached hydrogens (primary N) is 1. The molecule has 0 bridgehead atoms. The van der Waals surface area contributed by atoms with Crippen LogP contribution in [-0.4, -0.2) is 15.8 Å². The van der Waals surface area contributed by atoms with E-state index < -0.39 is 10.8 Å². The highest BCUT2D eigenvalue weighted by Gasteiger charge is 2.13. The minimum Gasteiger partial charge on any atom is -0.483 e. The fourth-order valence-electron chi connectivity index (χ4n) is 2.07. The van der Waals surface area contributed by atoms with Gasteiger partial charge in [0.25, 0.3) is 11.6 Å². The van der Waals surface area contributed by atoms with Crippen LogP contribution in [0, 0.1) is 10.1 Å². The number of nitrogens with zero attached hydrogens (tertiary/aromatic N) is 2. The van der Waals surface area contributed by atoms with Crippen LogP contribution in [0.4, 0.5) is 5.69 Å². The maximum Gasteiger partial charge on any atom is 0.271 e. The number of fused-ring (bicyclic) bond motifs is 1. The predicted octanol–water partition coefficient (Wildman–Crippen LogP) is 2.41. The summed E-state index contributed by atoms with van der Waals surface area (Å²) in [5.41, 5.74) is 6.22. The number of ether oxygens (including phenoxy) is 1. The fraction of sp³-hybridized carbons (Fsp3) is 0.0667. The largest absolute Gasteiger partial charge is 0.483 e. The van der Waals surface area contributed by atoms with Crippen molar-refractivity contribution in [3.63, 3.8) is 0 Å². The minimum atomic E-state index is -0.603. The molecule has 0 aliphatic rings. The Balaban J connectivity index is 1.82. The first-order valence-corrected chi connectivity index (χ1v) is 6.60. The van der Waals surface area contributed by atoms with Gasteiger partial charge in [0, 0.05) is 12.1 Å². The Morgan fingerprint density at radius 2 is 2.09 bits per heavy atom. The van der Waals surface area contributed by atoms with Crippen LogP contribution in [0.5, 0.6) is 5.75 Å². The van der Waals surface area contributed by atoms with E-state index in [1.165, 1.54) is 18.2 Å². The van der Waals surface area contributed by atoms with Gasteiger partial charge in [-0.2, -0.15) is 0 Å². The Kier molecular flexibility index (Phi) is 3.63. The molecule has 116 valence electrons. The number of rotatable bonds is 5. The zero-order valence-electron chi connectivity index (χ0n) is 11.8. The van der Waals surface area contributed by atoms with Gasteiger partial charge < -0.3 is 14.9 Å². The predicted molar refractivity (Wildman–Crippen MR) is 80.0 cm³/mol. The zero-order chi connectivity index (χ0) is 16.4. The summed E-state index contributed by atoms with van der Waals surface area (Å²) in [6.07, 6.45) is 0. The number of aromatic nitrogens is 1. The molecule has 1 amide bonds. The molecule has 2 N–H and O–H groups in total. The number of primary amides is 1. The molecule has 23 heavy (non-hydrogen) atoms.